The minimum absolute atomic E-state index is 0.113. The van der Waals surface area contributed by atoms with Crippen molar-refractivity contribution in [3.63, 3.8) is 0 Å². The van der Waals surface area contributed by atoms with Crippen molar-refractivity contribution in [1.29, 1.82) is 0 Å². The summed E-state index contributed by atoms with van der Waals surface area (Å²) in [5, 5.41) is 13.4. The van der Waals surface area contributed by atoms with Gasteiger partial charge >= 0.3 is 5.97 Å². The van der Waals surface area contributed by atoms with Crippen LogP contribution in [0.5, 0.6) is 0 Å². The first-order chi connectivity index (χ1) is 11.5. The predicted octanol–water partition coefficient (Wildman–Crippen LogP) is 3.00. The molecule has 0 heterocycles. The summed E-state index contributed by atoms with van der Waals surface area (Å²) in [6.07, 6.45) is -1.01. The Hall–Kier alpha value is -2.24. The van der Waals surface area contributed by atoms with Crippen LogP contribution in [0.15, 0.2) is 54.6 Å². The van der Waals surface area contributed by atoms with Crippen molar-refractivity contribution >= 4 is 5.97 Å². The van der Waals surface area contributed by atoms with Gasteiger partial charge in [0.25, 0.3) is 0 Å². The average molecular weight is 331 g/mol. The zero-order valence-electron chi connectivity index (χ0n) is 13.8. The van der Waals surface area contributed by atoms with Gasteiger partial charge in [-0.05, 0) is 11.6 Å². The number of benzene rings is 2. The molecule has 0 aliphatic rings. The number of rotatable bonds is 7. The van der Waals surface area contributed by atoms with Crippen molar-refractivity contribution in [3.05, 3.63) is 71.5 Å². The van der Waals surface area contributed by atoms with Gasteiger partial charge in [-0.1, -0.05) is 55.5 Å². The topological polar surface area (TPSA) is 58.6 Å². The third kappa shape index (κ3) is 4.40. The van der Waals surface area contributed by atoms with Crippen LogP contribution >= 0.6 is 0 Å². The summed E-state index contributed by atoms with van der Waals surface area (Å²) >= 11 is 0. The van der Waals surface area contributed by atoms with Crippen molar-refractivity contribution in [2.24, 2.45) is 5.92 Å². The number of esters is 1. The lowest BCUT2D eigenvalue weighted by atomic mass is 9.94. The van der Waals surface area contributed by atoms with Crippen LogP contribution in [0.1, 0.15) is 30.2 Å². The normalized spacial score (nSPS) is 14.7. The molecule has 0 aromatic heterocycles. The van der Waals surface area contributed by atoms with Crippen molar-refractivity contribution in [1.82, 2.24) is 5.32 Å². The van der Waals surface area contributed by atoms with Crippen LogP contribution in [0.2, 0.25) is 0 Å². The number of nitrogens with one attached hydrogen (secondary N) is 1. The molecule has 0 radical (unpaired) electrons. The van der Waals surface area contributed by atoms with E-state index in [2.05, 4.69) is 5.32 Å². The van der Waals surface area contributed by atoms with Crippen molar-refractivity contribution in [3.8, 4) is 0 Å². The number of carbonyl (C=O) groups excluding carboxylic acids is 1. The number of halogens is 1. The van der Waals surface area contributed by atoms with E-state index in [0.717, 1.165) is 5.56 Å². The Morgan fingerprint density at radius 3 is 2.42 bits per heavy atom. The van der Waals surface area contributed by atoms with Gasteiger partial charge in [0.05, 0.1) is 19.1 Å². The first-order valence-electron chi connectivity index (χ1n) is 7.83. The molecule has 128 valence electrons. The van der Waals surface area contributed by atoms with Crippen LogP contribution in [0.3, 0.4) is 0 Å². The molecule has 0 saturated heterocycles. The number of methoxy groups -OCH3 is 1. The van der Waals surface area contributed by atoms with Gasteiger partial charge in [-0.3, -0.25) is 4.79 Å². The maximum Gasteiger partial charge on any atom is 0.310 e. The number of ether oxygens (including phenoxy) is 1. The van der Waals surface area contributed by atoms with E-state index in [-0.39, 0.29) is 24.1 Å². The maximum atomic E-state index is 13.8. The second-order valence-electron chi connectivity index (χ2n) is 5.65. The highest BCUT2D eigenvalue weighted by atomic mass is 19.1. The number of carbonyl (C=O) groups is 1. The Morgan fingerprint density at radius 2 is 1.79 bits per heavy atom. The smallest absolute Gasteiger partial charge is 0.310 e. The number of aliphatic hydroxyl groups is 1. The Labute approximate surface area is 141 Å². The lowest BCUT2D eigenvalue weighted by Crippen LogP contribution is -2.34. The van der Waals surface area contributed by atoms with E-state index in [9.17, 15) is 14.3 Å². The largest absolute Gasteiger partial charge is 0.469 e. The second-order valence-corrected chi connectivity index (χ2v) is 5.65. The zero-order chi connectivity index (χ0) is 17.5. The fourth-order valence-corrected chi connectivity index (χ4v) is 2.66. The molecular formula is C19H22FNO3. The molecule has 2 aromatic carbocycles. The monoisotopic (exact) mass is 331 g/mol. The van der Waals surface area contributed by atoms with Gasteiger partial charge in [-0.15, -0.1) is 0 Å². The van der Waals surface area contributed by atoms with E-state index in [1.165, 1.54) is 13.2 Å². The predicted molar refractivity (Wildman–Crippen MR) is 89.7 cm³/mol. The van der Waals surface area contributed by atoms with Crippen molar-refractivity contribution in [2.75, 3.05) is 13.7 Å². The molecule has 2 aromatic rings. The molecule has 0 fully saturated rings. The first kappa shape index (κ1) is 18.1. The highest BCUT2D eigenvalue weighted by Crippen LogP contribution is 2.24. The Morgan fingerprint density at radius 1 is 1.17 bits per heavy atom. The minimum atomic E-state index is -1.01. The third-order valence-electron chi connectivity index (χ3n) is 4.03. The van der Waals surface area contributed by atoms with E-state index in [1.807, 2.05) is 30.3 Å². The minimum Gasteiger partial charge on any atom is -0.469 e. The quantitative estimate of drug-likeness (QED) is 0.766. The maximum absolute atomic E-state index is 13.8. The van der Waals surface area contributed by atoms with E-state index in [4.69, 9.17) is 4.74 Å². The standard InChI is InChI=1S/C19H22FNO3/c1-13(19(23)24-2)18(14-8-4-3-5-9-14)21-12-17(22)15-10-6-7-11-16(15)20/h3-11,13,17-18,21-22H,12H2,1-2H3. The fraction of sp³-hybridized carbons (Fsp3) is 0.316. The second kappa shape index (κ2) is 8.57. The molecule has 0 saturated carbocycles. The van der Waals surface area contributed by atoms with Crippen molar-refractivity contribution < 1.29 is 19.0 Å². The summed E-state index contributed by atoms with van der Waals surface area (Å²) in [4.78, 5) is 11.9. The summed E-state index contributed by atoms with van der Waals surface area (Å²) in [7, 11) is 1.34. The zero-order valence-corrected chi connectivity index (χ0v) is 13.8. The number of hydrogen-bond donors (Lipinski definition) is 2. The molecule has 0 amide bonds. The lowest BCUT2D eigenvalue weighted by molar-refractivity contribution is -0.146. The molecule has 2 rings (SSSR count). The lowest BCUT2D eigenvalue weighted by Gasteiger charge is -2.25. The first-order valence-corrected chi connectivity index (χ1v) is 7.83. The summed E-state index contributed by atoms with van der Waals surface area (Å²) in [5.41, 5.74) is 1.12. The SMILES string of the molecule is COC(=O)C(C)C(NCC(O)c1ccccc1F)c1ccccc1. The van der Waals surface area contributed by atoms with Crippen LogP contribution in [0.25, 0.3) is 0 Å². The van der Waals surface area contributed by atoms with Gasteiger partial charge in [0, 0.05) is 18.2 Å². The Kier molecular flexibility index (Phi) is 6.46. The average Bonchev–Trinajstić information content (AvgIpc) is 2.62. The van der Waals surface area contributed by atoms with E-state index in [1.54, 1.807) is 25.1 Å². The Bertz CT molecular complexity index is 663. The van der Waals surface area contributed by atoms with Crippen LogP contribution in [0.4, 0.5) is 4.39 Å². The van der Waals surface area contributed by atoms with E-state index in [0.29, 0.717) is 0 Å². The number of aliphatic hydroxyl groups excluding tert-OH is 1. The summed E-state index contributed by atoms with van der Waals surface area (Å²) in [6.45, 7) is 1.87. The van der Waals surface area contributed by atoms with Gasteiger partial charge < -0.3 is 15.2 Å². The molecule has 0 spiro atoms. The van der Waals surface area contributed by atoms with Crippen molar-refractivity contribution in [2.45, 2.75) is 19.1 Å². The van der Waals surface area contributed by atoms with Gasteiger partial charge in [0.15, 0.2) is 0 Å². The van der Waals surface area contributed by atoms with E-state index >= 15 is 0 Å². The summed E-state index contributed by atoms with van der Waals surface area (Å²) in [5.74, 6) is -1.26. The highest BCUT2D eigenvalue weighted by molar-refractivity contribution is 5.73. The van der Waals surface area contributed by atoms with Gasteiger partial charge in [-0.25, -0.2) is 4.39 Å². The van der Waals surface area contributed by atoms with Crippen LogP contribution < -0.4 is 5.32 Å². The summed E-state index contributed by atoms with van der Waals surface area (Å²) < 4.78 is 18.6. The fourth-order valence-electron chi connectivity index (χ4n) is 2.66. The van der Waals surface area contributed by atoms with Crippen LogP contribution in [-0.2, 0) is 9.53 Å². The van der Waals surface area contributed by atoms with Crippen LogP contribution in [-0.4, -0.2) is 24.7 Å². The molecule has 0 aliphatic heterocycles. The molecule has 0 bridgehead atoms. The molecule has 24 heavy (non-hydrogen) atoms. The number of hydrogen-bond acceptors (Lipinski definition) is 4. The molecular weight excluding hydrogens is 309 g/mol. The molecule has 0 aliphatic carbocycles. The van der Waals surface area contributed by atoms with Gasteiger partial charge in [-0.2, -0.15) is 0 Å². The summed E-state index contributed by atoms with van der Waals surface area (Å²) in [6, 6.07) is 15.2. The molecule has 4 nitrogen and oxygen atoms in total. The molecule has 3 unspecified atom stereocenters. The molecule has 5 heteroatoms. The third-order valence-corrected chi connectivity index (χ3v) is 4.03. The molecule has 3 atom stereocenters. The van der Waals surface area contributed by atoms with E-state index < -0.39 is 17.8 Å². The van der Waals surface area contributed by atoms with Gasteiger partial charge in [0.1, 0.15) is 5.82 Å². The van der Waals surface area contributed by atoms with Crippen LogP contribution in [0, 0.1) is 11.7 Å². The molecule has 2 N–H and O–H groups in total. The Balaban J connectivity index is 2.14. The highest BCUT2D eigenvalue weighted by Gasteiger charge is 2.27. The van der Waals surface area contributed by atoms with Gasteiger partial charge in [0.2, 0.25) is 0 Å².